The van der Waals surface area contributed by atoms with Crippen LogP contribution in [0.2, 0.25) is 0 Å². The summed E-state index contributed by atoms with van der Waals surface area (Å²) < 4.78 is 27.5. The van der Waals surface area contributed by atoms with E-state index in [-0.39, 0.29) is 10.9 Å². The number of nitrogens with zero attached hydrogens (tertiary/aromatic N) is 2. The summed E-state index contributed by atoms with van der Waals surface area (Å²) >= 11 is 0. The summed E-state index contributed by atoms with van der Waals surface area (Å²) in [7, 11) is -1.79. The summed E-state index contributed by atoms with van der Waals surface area (Å²) in [6, 6.07) is 2.94. The van der Waals surface area contributed by atoms with Crippen LogP contribution in [-0.2, 0) is 10.0 Å². The second-order valence-corrected chi connectivity index (χ2v) is 7.22. The first-order valence-corrected chi connectivity index (χ1v) is 8.88. The largest absolute Gasteiger partial charge is 0.373 e. The standard InChI is InChI=1S/C14H24N4O2S/c1-12(11-18-8-4-3-5-9-18)17-21(19,20)13-6-7-16-14(10-13)15-2/h6-7,10,12,17H,3-5,8-9,11H2,1-2H3,(H,15,16). The molecule has 0 bridgehead atoms. The molecule has 0 aromatic carbocycles. The van der Waals surface area contributed by atoms with E-state index in [0.717, 1.165) is 19.6 Å². The lowest BCUT2D eigenvalue weighted by molar-refractivity contribution is 0.215. The molecule has 0 amide bonds. The third-order valence-corrected chi connectivity index (χ3v) is 5.22. The molecule has 1 aromatic heterocycles. The lowest BCUT2D eigenvalue weighted by Crippen LogP contribution is -2.43. The Kier molecular flexibility index (Phi) is 5.55. The summed E-state index contributed by atoms with van der Waals surface area (Å²) in [5.74, 6) is 0.543. The number of anilines is 1. The van der Waals surface area contributed by atoms with Crippen LogP contribution >= 0.6 is 0 Å². The predicted molar refractivity (Wildman–Crippen MR) is 83.9 cm³/mol. The maximum absolute atomic E-state index is 12.4. The first-order chi connectivity index (χ1) is 10.0. The van der Waals surface area contributed by atoms with E-state index in [1.165, 1.54) is 37.6 Å². The van der Waals surface area contributed by atoms with Gasteiger partial charge in [0, 0.05) is 31.9 Å². The van der Waals surface area contributed by atoms with E-state index in [1.807, 2.05) is 6.92 Å². The Hall–Kier alpha value is -1.18. The zero-order valence-corrected chi connectivity index (χ0v) is 13.5. The van der Waals surface area contributed by atoms with Gasteiger partial charge in [-0.25, -0.2) is 18.1 Å². The highest BCUT2D eigenvalue weighted by Gasteiger charge is 2.20. The molecular weight excluding hydrogens is 288 g/mol. The normalized spacial score (nSPS) is 18.4. The van der Waals surface area contributed by atoms with E-state index >= 15 is 0 Å². The van der Waals surface area contributed by atoms with Gasteiger partial charge in [-0.1, -0.05) is 6.42 Å². The molecule has 2 rings (SSSR count). The second kappa shape index (κ2) is 7.20. The number of piperidine rings is 1. The highest BCUT2D eigenvalue weighted by molar-refractivity contribution is 7.89. The molecule has 7 heteroatoms. The van der Waals surface area contributed by atoms with Gasteiger partial charge in [-0.05, 0) is 38.9 Å². The average molecular weight is 312 g/mol. The monoisotopic (exact) mass is 312 g/mol. The number of sulfonamides is 1. The number of nitrogens with one attached hydrogen (secondary N) is 2. The minimum absolute atomic E-state index is 0.112. The Balaban J connectivity index is 1.98. The van der Waals surface area contributed by atoms with Crippen LogP contribution in [0.4, 0.5) is 5.82 Å². The van der Waals surface area contributed by atoms with E-state index < -0.39 is 10.0 Å². The van der Waals surface area contributed by atoms with Gasteiger partial charge in [-0.3, -0.25) is 0 Å². The molecule has 1 fully saturated rings. The fourth-order valence-corrected chi connectivity index (χ4v) is 3.86. The van der Waals surface area contributed by atoms with Gasteiger partial charge in [0.1, 0.15) is 5.82 Å². The van der Waals surface area contributed by atoms with Crippen molar-refractivity contribution in [3.05, 3.63) is 18.3 Å². The topological polar surface area (TPSA) is 74.3 Å². The number of pyridine rings is 1. The van der Waals surface area contributed by atoms with Crippen molar-refractivity contribution in [1.82, 2.24) is 14.6 Å². The fourth-order valence-electron chi connectivity index (χ4n) is 2.61. The molecule has 1 saturated heterocycles. The summed E-state index contributed by atoms with van der Waals surface area (Å²) in [5.41, 5.74) is 0. The van der Waals surface area contributed by atoms with Gasteiger partial charge in [0.05, 0.1) is 4.90 Å². The first-order valence-electron chi connectivity index (χ1n) is 7.40. The molecule has 21 heavy (non-hydrogen) atoms. The molecule has 118 valence electrons. The third kappa shape index (κ3) is 4.66. The highest BCUT2D eigenvalue weighted by atomic mass is 32.2. The molecule has 0 saturated carbocycles. The smallest absolute Gasteiger partial charge is 0.241 e. The van der Waals surface area contributed by atoms with E-state index in [4.69, 9.17) is 0 Å². The van der Waals surface area contributed by atoms with Gasteiger partial charge in [0.15, 0.2) is 0 Å². The summed E-state index contributed by atoms with van der Waals surface area (Å²) in [6.45, 7) is 4.78. The van der Waals surface area contributed by atoms with Crippen molar-refractivity contribution in [2.24, 2.45) is 0 Å². The molecule has 6 nitrogen and oxygen atoms in total. The molecule has 1 aliphatic rings. The minimum atomic E-state index is -3.50. The van der Waals surface area contributed by atoms with Crippen LogP contribution in [0.5, 0.6) is 0 Å². The number of hydrogen-bond acceptors (Lipinski definition) is 5. The number of rotatable bonds is 6. The molecule has 0 radical (unpaired) electrons. The van der Waals surface area contributed by atoms with Crippen molar-refractivity contribution in [2.75, 3.05) is 32.0 Å². The maximum Gasteiger partial charge on any atom is 0.241 e. The summed E-state index contributed by atoms with van der Waals surface area (Å²) in [5, 5.41) is 2.85. The van der Waals surface area contributed by atoms with E-state index in [1.54, 1.807) is 7.05 Å². The Bertz CT molecular complexity index is 556. The van der Waals surface area contributed by atoms with E-state index in [9.17, 15) is 8.42 Å². The molecule has 0 aliphatic carbocycles. The van der Waals surface area contributed by atoms with Crippen LogP contribution < -0.4 is 10.0 Å². The highest BCUT2D eigenvalue weighted by Crippen LogP contribution is 2.14. The maximum atomic E-state index is 12.4. The molecule has 1 unspecified atom stereocenters. The number of likely N-dealkylation sites (tertiary alicyclic amines) is 1. The molecular formula is C14H24N4O2S. The van der Waals surface area contributed by atoms with Crippen molar-refractivity contribution >= 4 is 15.8 Å². The molecule has 2 N–H and O–H groups in total. The van der Waals surface area contributed by atoms with Gasteiger partial charge >= 0.3 is 0 Å². The van der Waals surface area contributed by atoms with Gasteiger partial charge in [-0.15, -0.1) is 0 Å². The Labute approximate surface area is 127 Å². The van der Waals surface area contributed by atoms with Crippen LogP contribution in [-0.4, -0.2) is 51.0 Å². The summed E-state index contributed by atoms with van der Waals surface area (Å²) in [4.78, 5) is 6.60. The Morgan fingerprint density at radius 3 is 2.71 bits per heavy atom. The predicted octanol–water partition coefficient (Wildman–Crippen LogP) is 1.28. The van der Waals surface area contributed by atoms with Crippen LogP contribution in [0.1, 0.15) is 26.2 Å². The van der Waals surface area contributed by atoms with E-state index in [2.05, 4.69) is 19.9 Å². The van der Waals surface area contributed by atoms with Gasteiger partial charge in [0.25, 0.3) is 0 Å². The third-order valence-electron chi connectivity index (χ3n) is 3.63. The van der Waals surface area contributed by atoms with Crippen LogP contribution in [0.15, 0.2) is 23.2 Å². The molecule has 0 spiro atoms. The molecule has 1 aromatic rings. The second-order valence-electron chi connectivity index (χ2n) is 5.51. The van der Waals surface area contributed by atoms with Gasteiger partial charge in [0.2, 0.25) is 10.0 Å². The van der Waals surface area contributed by atoms with Crippen molar-refractivity contribution in [3.63, 3.8) is 0 Å². The van der Waals surface area contributed by atoms with Gasteiger partial charge in [-0.2, -0.15) is 0 Å². The lowest BCUT2D eigenvalue weighted by atomic mass is 10.1. The van der Waals surface area contributed by atoms with Crippen molar-refractivity contribution < 1.29 is 8.42 Å². The molecule has 1 atom stereocenters. The fraction of sp³-hybridized carbons (Fsp3) is 0.643. The molecule has 1 aliphatic heterocycles. The van der Waals surface area contributed by atoms with Crippen molar-refractivity contribution in [2.45, 2.75) is 37.1 Å². The number of aromatic nitrogens is 1. The van der Waals surface area contributed by atoms with Crippen LogP contribution in [0.3, 0.4) is 0 Å². The quantitative estimate of drug-likeness (QED) is 0.827. The zero-order chi connectivity index (χ0) is 15.3. The first kappa shape index (κ1) is 16.2. The van der Waals surface area contributed by atoms with Gasteiger partial charge < -0.3 is 10.2 Å². The van der Waals surface area contributed by atoms with Crippen LogP contribution in [0, 0.1) is 0 Å². The van der Waals surface area contributed by atoms with Crippen molar-refractivity contribution in [3.8, 4) is 0 Å². The number of hydrogen-bond donors (Lipinski definition) is 2. The molecule has 2 heterocycles. The SMILES string of the molecule is CNc1cc(S(=O)(=O)NC(C)CN2CCCCC2)ccn1. The van der Waals surface area contributed by atoms with Crippen LogP contribution in [0.25, 0.3) is 0 Å². The average Bonchev–Trinajstić information content (AvgIpc) is 2.47. The summed E-state index contributed by atoms with van der Waals surface area (Å²) in [6.07, 6.45) is 5.18. The minimum Gasteiger partial charge on any atom is -0.373 e. The van der Waals surface area contributed by atoms with E-state index in [0.29, 0.717) is 5.82 Å². The lowest BCUT2D eigenvalue weighted by Gasteiger charge is -2.29. The Morgan fingerprint density at radius 1 is 1.33 bits per heavy atom. The Morgan fingerprint density at radius 2 is 2.05 bits per heavy atom. The van der Waals surface area contributed by atoms with Crippen molar-refractivity contribution in [1.29, 1.82) is 0 Å². The zero-order valence-electron chi connectivity index (χ0n) is 12.7.